The highest BCUT2D eigenvalue weighted by molar-refractivity contribution is 7.99. The van der Waals surface area contributed by atoms with E-state index in [0.717, 1.165) is 18.2 Å². The molecule has 1 unspecified atom stereocenters. The molecule has 4 rings (SSSR count). The summed E-state index contributed by atoms with van der Waals surface area (Å²) in [6.45, 7) is 0. The van der Waals surface area contributed by atoms with Crippen molar-refractivity contribution in [1.29, 1.82) is 0 Å². The van der Waals surface area contributed by atoms with Crippen LogP contribution in [0.1, 0.15) is 0 Å². The summed E-state index contributed by atoms with van der Waals surface area (Å²) in [5.41, 5.74) is 6.88. The summed E-state index contributed by atoms with van der Waals surface area (Å²) in [6, 6.07) is 16.6. The molecule has 0 bridgehead atoms. The number of anilines is 1. The van der Waals surface area contributed by atoms with Crippen LogP contribution in [-0.2, 0) is 29.8 Å². The van der Waals surface area contributed by atoms with Crippen LogP contribution in [-0.4, -0.2) is 42.3 Å². The van der Waals surface area contributed by atoms with Crippen molar-refractivity contribution in [3.05, 3.63) is 72.8 Å². The molecule has 12 nitrogen and oxygen atoms in total. The van der Waals surface area contributed by atoms with Gasteiger partial charge in [0.25, 0.3) is 20.2 Å². The lowest BCUT2D eigenvalue weighted by Crippen LogP contribution is -1.98. The molecule has 0 saturated heterocycles. The molecule has 0 fully saturated rings. The predicted octanol–water partition coefficient (Wildman–Crippen LogP) is 5.45. The summed E-state index contributed by atoms with van der Waals surface area (Å²) in [5, 5.41) is 17.1. The molecule has 202 valence electrons. The van der Waals surface area contributed by atoms with Crippen molar-refractivity contribution in [1.82, 2.24) is 0 Å². The van der Waals surface area contributed by atoms with Gasteiger partial charge >= 0.3 is 0 Å². The largest absolute Gasteiger partial charge is 0.398 e. The molecule has 0 saturated carbocycles. The maximum absolute atomic E-state index is 12.5. The van der Waals surface area contributed by atoms with Gasteiger partial charge in [0.2, 0.25) is 0 Å². The van der Waals surface area contributed by atoms with Gasteiger partial charge in [-0.3, -0.25) is 13.3 Å². The normalized spacial score (nSPS) is 14.2. The van der Waals surface area contributed by atoms with Gasteiger partial charge in [0.1, 0.15) is 10.6 Å². The number of benzene rings is 4. The molecule has 0 aliphatic heterocycles. The number of hydrogen-bond acceptors (Lipinski definition) is 10. The maximum Gasteiger partial charge on any atom is 0.296 e. The van der Waals surface area contributed by atoms with E-state index in [2.05, 4.69) is 26.3 Å². The quantitative estimate of drug-likeness (QED) is 0.109. The van der Waals surface area contributed by atoms with E-state index in [1.54, 1.807) is 30.3 Å². The fourth-order valence-electron chi connectivity index (χ4n) is 3.45. The van der Waals surface area contributed by atoms with E-state index < -0.39 is 34.7 Å². The zero-order chi connectivity index (χ0) is 28.6. The molecule has 1 atom stereocenters. The van der Waals surface area contributed by atoms with Gasteiger partial charge in [-0.25, -0.2) is 0 Å². The fourth-order valence-corrected chi connectivity index (χ4v) is 5.30. The van der Waals surface area contributed by atoms with Crippen LogP contribution < -0.4 is 5.73 Å². The van der Waals surface area contributed by atoms with Crippen molar-refractivity contribution in [3.63, 3.8) is 0 Å². The second-order valence-corrected chi connectivity index (χ2v) is 13.7. The van der Waals surface area contributed by atoms with Crippen molar-refractivity contribution in [3.8, 4) is 0 Å². The van der Waals surface area contributed by atoms with Gasteiger partial charge in [-0.05, 0) is 82.1 Å². The van der Waals surface area contributed by atoms with Crippen molar-refractivity contribution in [2.75, 3.05) is 12.0 Å². The number of hydrogen-bond donors (Lipinski definition) is 3. The van der Waals surface area contributed by atoms with Crippen LogP contribution in [0.5, 0.6) is 0 Å². The minimum absolute atomic E-state index is 0.0381. The van der Waals surface area contributed by atoms with Crippen LogP contribution in [0.3, 0.4) is 0 Å². The molecule has 0 amide bonds. The van der Waals surface area contributed by atoms with Crippen LogP contribution in [0.2, 0.25) is 0 Å². The summed E-state index contributed by atoms with van der Waals surface area (Å²) in [5.74, 6) is 3.69. The summed E-state index contributed by atoms with van der Waals surface area (Å²) in [4.78, 5) is -0.443. The molecule has 0 heterocycles. The number of nitrogen functional groups attached to an aromatic ring is 1. The first-order valence-electron chi connectivity index (χ1n) is 10.8. The molecule has 0 spiro atoms. The molecular formula is C24H21N5O7S3. The highest BCUT2D eigenvalue weighted by Gasteiger charge is 2.17. The first kappa shape index (κ1) is 28.0. The van der Waals surface area contributed by atoms with Crippen LogP contribution in [0.4, 0.5) is 28.4 Å². The summed E-state index contributed by atoms with van der Waals surface area (Å²) < 4.78 is 77.7. The van der Waals surface area contributed by atoms with Gasteiger partial charge in [0, 0.05) is 27.6 Å². The lowest BCUT2D eigenvalue weighted by atomic mass is 10.1. The van der Waals surface area contributed by atoms with E-state index in [9.17, 15) is 25.6 Å². The summed E-state index contributed by atoms with van der Waals surface area (Å²) in [6.07, 6.45) is 1.49. The van der Waals surface area contributed by atoms with E-state index in [-0.39, 0.29) is 22.0 Å². The zero-order valence-electron chi connectivity index (χ0n) is 20.2. The topological polar surface area (TPSA) is 201 Å². The second-order valence-electron chi connectivity index (χ2n) is 8.38. The Bertz CT molecular complexity index is 1990. The molecule has 4 N–H and O–H groups in total. The number of nitrogens with zero attached hydrogens (tertiary/aromatic N) is 4. The minimum atomic E-state index is -4.76. The average molecular weight is 588 g/mol. The van der Waals surface area contributed by atoms with E-state index in [4.69, 9.17) is 10.3 Å². The SMILES string of the molecule is C=S(C)(=O)c1ccc2c(N)ccc(N=Nc3ccc(N=Nc4ccc(S(=O)(=O)O)cc4)cc3S(=O)(=O)O)c2c1. The number of fused-ring (bicyclic) bond motifs is 1. The van der Waals surface area contributed by atoms with Crippen LogP contribution >= 0.6 is 0 Å². The van der Waals surface area contributed by atoms with Crippen molar-refractivity contribution in [2.45, 2.75) is 14.7 Å². The number of azo groups is 2. The van der Waals surface area contributed by atoms with Gasteiger partial charge in [0.15, 0.2) is 0 Å². The number of nitrogens with two attached hydrogens (primary N) is 1. The van der Waals surface area contributed by atoms with Gasteiger partial charge in [0.05, 0.1) is 22.0 Å². The monoisotopic (exact) mass is 587 g/mol. The molecule has 15 heteroatoms. The Morgan fingerprint density at radius 2 is 1.21 bits per heavy atom. The average Bonchev–Trinajstić information content (AvgIpc) is 2.86. The third kappa shape index (κ3) is 6.52. The van der Waals surface area contributed by atoms with Crippen LogP contribution in [0.15, 0.2) is 108 Å². The Hall–Kier alpha value is -4.02. The smallest absolute Gasteiger partial charge is 0.296 e. The standard InChI is InChI=1S/C24H21N5O7S3/c1-37(2,30)18-8-9-19-20(14-18)22(12-10-21(19)25)28-29-23-11-5-16(13-24(23)39(34,35)36)27-26-15-3-6-17(7-4-15)38(31,32)33/h3-14H,1,25H2,2H3,(H,31,32,33)(H,34,35,36). The van der Waals surface area contributed by atoms with Gasteiger partial charge < -0.3 is 5.73 Å². The van der Waals surface area contributed by atoms with E-state index >= 15 is 0 Å². The summed E-state index contributed by atoms with van der Waals surface area (Å²) >= 11 is 0. The Kier molecular flexibility index (Phi) is 7.38. The Balaban J connectivity index is 1.72. The van der Waals surface area contributed by atoms with Crippen LogP contribution in [0.25, 0.3) is 10.8 Å². The molecule has 39 heavy (non-hydrogen) atoms. The maximum atomic E-state index is 12.5. The zero-order valence-corrected chi connectivity index (χ0v) is 22.6. The first-order valence-corrected chi connectivity index (χ1v) is 15.8. The van der Waals surface area contributed by atoms with E-state index in [0.29, 0.717) is 27.0 Å². The molecule has 4 aromatic rings. The molecular weight excluding hydrogens is 566 g/mol. The Morgan fingerprint density at radius 3 is 1.82 bits per heavy atom. The van der Waals surface area contributed by atoms with Crippen molar-refractivity contribution in [2.24, 2.45) is 20.5 Å². The third-order valence-electron chi connectivity index (χ3n) is 5.40. The lowest BCUT2D eigenvalue weighted by molar-refractivity contribution is 0.481. The molecule has 0 aromatic heterocycles. The fraction of sp³-hybridized carbons (Fsp3) is 0.0417. The molecule has 0 aliphatic rings. The molecule has 4 aromatic carbocycles. The van der Waals surface area contributed by atoms with E-state index in [1.807, 2.05) is 0 Å². The number of rotatable bonds is 7. The predicted molar refractivity (Wildman–Crippen MR) is 149 cm³/mol. The van der Waals surface area contributed by atoms with Gasteiger partial charge in [-0.1, -0.05) is 6.07 Å². The van der Waals surface area contributed by atoms with Crippen molar-refractivity contribution < 1.29 is 30.1 Å². The van der Waals surface area contributed by atoms with Crippen LogP contribution in [0, 0.1) is 0 Å². The first-order chi connectivity index (χ1) is 18.1. The van der Waals surface area contributed by atoms with Gasteiger partial charge in [-0.15, -0.1) is 10.2 Å². The van der Waals surface area contributed by atoms with Gasteiger partial charge in [-0.2, -0.15) is 27.1 Å². The lowest BCUT2D eigenvalue weighted by Gasteiger charge is -2.09. The summed E-state index contributed by atoms with van der Waals surface area (Å²) in [7, 11) is -11.7. The molecule has 0 aliphatic carbocycles. The van der Waals surface area contributed by atoms with E-state index in [1.165, 1.54) is 30.5 Å². The highest BCUT2D eigenvalue weighted by Crippen LogP contribution is 2.35. The Labute approximate surface area is 224 Å². The second kappa shape index (κ2) is 10.3. The Morgan fingerprint density at radius 1 is 0.641 bits per heavy atom. The molecule has 0 radical (unpaired) electrons. The minimum Gasteiger partial charge on any atom is -0.398 e. The highest BCUT2D eigenvalue weighted by atomic mass is 32.2. The van der Waals surface area contributed by atoms with Crippen molar-refractivity contribution >= 4 is 74.8 Å². The third-order valence-corrected chi connectivity index (χ3v) is 8.40.